The average molecular weight is 282 g/mol. The summed E-state index contributed by atoms with van der Waals surface area (Å²) < 4.78 is 0. The van der Waals surface area contributed by atoms with Gasteiger partial charge in [-0.05, 0) is 26.4 Å². The van der Waals surface area contributed by atoms with E-state index in [-0.39, 0.29) is 5.91 Å². The molecule has 19 heavy (non-hydrogen) atoms. The summed E-state index contributed by atoms with van der Waals surface area (Å²) in [5, 5.41) is 3.35. The van der Waals surface area contributed by atoms with Crippen molar-refractivity contribution in [1.82, 2.24) is 20.1 Å². The standard InChI is InChI=1S/C13H22N4OS/c1-11-12(19-10-15-11)8-16(2)13(18)9-17-6-3-4-14-5-7-17/h10,14H,3-9H2,1-2H3. The highest BCUT2D eigenvalue weighted by molar-refractivity contribution is 7.09. The molecule has 6 heteroatoms. The summed E-state index contributed by atoms with van der Waals surface area (Å²) in [5.41, 5.74) is 2.87. The first-order chi connectivity index (χ1) is 9.16. The molecule has 0 radical (unpaired) electrons. The summed E-state index contributed by atoms with van der Waals surface area (Å²) >= 11 is 1.62. The molecule has 1 aromatic heterocycles. The van der Waals surface area contributed by atoms with Gasteiger partial charge in [0, 0.05) is 25.0 Å². The van der Waals surface area contributed by atoms with E-state index in [1.807, 2.05) is 19.5 Å². The largest absolute Gasteiger partial charge is 0.339 e. The first kappa shape index (κ1) is 14.4. The monoisotopic (exact) mass is 282 g/mol. The smallest absolute Gasteiger partial charge is 0.236 e. The van der Waals surface area contributed by atoms with Gasteiger partial charge in [0.2, 0.25) is 5.91 Å². The van der Waals surface area contributed by atoms with Crippen LogP contribution in [0.3, 0.4) is 0 Å². The van der Waals surface area contributed by atoms with E-state index in [2.05, 4.69) is 15.2 Å². The second kappa shape index (κ2) is 6.98. The summed E-state index contributed by atoms with van der Waals surface area (Å²) in [5.74, 6) is 0.190. The fraction of sp³-hybridized carbons (Fsp3) is 0.692. The van der Waals surface area contributed by atoms with Crippen LogP contribution in [0.1, 0.15) is 17.0 Å². The molecule has 0 spiro atoms. The normalized spacial score (nSPS) is 17.2. The van der Waals surface area contributed by atoms with E-state index in [9.17, 15) is 4.79 Å². The van der Waals surface area contributed by atoms with Gasteiger partial charge in [0.15, 0.2) is 0 Å². The third-order valence-corrected chi connectivity index (χ3v) is 4.36. The molecule has 1 saturated heterocycles. The van der Waals surface area contributed by atoms with Gasteiger partial charge < -0.3 is 10.2 Å². The molecule has 2 rings (SSSR count). The van der Waals surface area contributed by atoms with Gasteiger partial charge >= 0.3 is 0 Å². The van der Waals surface area contributed by atoms with Crippen LogP contribution in [-0.4, -0.2) is 60.5 Å². The third-order valence-electron chi connectivity index (χ3n) is 3.44. The number of likely N-dealkylation sites (N-methyl/N-ethyl adjacent to an activating group) is 1. The van der Waals surface area contributed by atoms with Crippen LogP contribution in [-0.2, 0) is 11.3 Å². The lowest BCUT2D eigenvalue weighted by atomic mass is 10.3. The fourth-order valence-electron chi connectivity index (χ4n) is 2.15. The summed E-state index contributed by atoms with van der Waals surface area (Å²) in [6.07, 6.45) is 1.12. The first-order valence-corrected chi connectivity index (χ1v) is 7.61. The zero-order chi connectivity index (χ0) is 13.7. The van der Waals surface area contributed by atoms with Gasteiger partial charge in [-0.25, -0.2) is 4.98 Å². The van der Waals surface area contributed by atoms with Crippen LogP contribution in [0.5, 0.6) is 0 Å². The Morgan fingerprint density at radius 3 is 3.11 bits per heavy atom. The lowest BCUT2D eigenvalue weighted by Crippen LogP contribution is -2.39. The van der Waals surface area contributed by atoms with Crippen LogP contribution in [0.2, 0.25) is 0 Å². The molecule has 1 N–H and O–H groups in total. The van der Waals surface area contributed by atoms with Crippen LogP contribution in [0.4, 0.5) is 0 Å². The Bertz CT molecular complexity index is 413. The number of thiazole rings is 1. The van der Waals surface area contributed by atoms with Crippen molar-refractivity contribution < 1.29 is 4.79 Å². The van der Waals surface area contributed by atoms with Crippen molar-refractivity contribution in [2.24, 2.45) is 0 Å². The Morgan fingerprint density at radius 2 is 2.37 bits per heavy atom. The number of amides is 1. The molecule has 1 aliphatic heterocycles. The van der Waals surface area contributed by atoms with Crippen molar-refractivity contribution in [3.05, 3.63) is 16.1 Å². The van der Waals surface area contributed by atoms with E-state index >= 15 is 0 Å². The van der Waals surface area contributed by atoms with Gasteiger partial charge in [-0.3, -0.25) is 9.69 Å². The van der Waals surface area contributed by atoms with Gasteiger partial charge in [-0.1, -0.05) is 0 Å². The molecule has 5 nitrogen and oxygen atoms in total. The molecule has 0 unspecified atom stereocenters. The molecule has 1 fully saturated rings. The fourth-order valence-corrected chi connectivity index (χ4v) is 2.98. The zero-order valence-electron chi connectivity index (χ0n) is 11.7. The molecular weight excluding hydrogens is 260 g/mol. The number of aromatic nitrogens is 1. The first-order valence-electron chi connectivity index (χ1n) is 6.73. The minimum atomic E-state index is 0.190. The highest BCUT2D eigenvalue weighted by Gasteiger charge is 2.16. The van der Waals surface area contributed by atoms with Crippen LogP contribution < -0.4 is 5.32 Å². The predicted octanol–water partition coefficient (Wildman–Crippen LogP) is 0.705. The molecule has 106 valence electrons. The molecule has 0 atom stereocenters. The van der Waals surface area contributed by atoms with E-state index < -0.39 is 0 Å². The minimum absolute atomic E-state index is 0.190. The van der Waals surface area contributed by atoms with E-state index in [0.29, 0.717) is 13.1 Å². The summed E-state index contributed by atoms with van der Waals surface area (Å²) in [7, 11) is 1.87. The van der Waals surface area contributed by atoms with Crippen molar-refractivity contribution in [3.63, 3.8) is 0 Å². The summed E-state index contributed by atoms with van der Waals surface area (Å²) in [6, 6.07) is 0. The van der Waals surface area contributed by atoms with Gasteiger partial charge in [0.1, 0.15) is 0 Å². The number of nitrogens with one attached hydrogen (secondary N) is 1. The molecule has 1 amide bonds. The molecule has 0 bridgehead atoms. The minimum Gasteiger partial charge on any atom is -0.339 e. The SMILES string of the molecule is Cc1ncsc1CN(C)C(=O)CN1CCCNCC1. The van der Waals surface area contributed by atoms with E-state index in [1.54, 1.807) is 16.2 Å². The number of carbonyl (C=O) groups is 1. The van der Waals surface area contributed by atoms with E-state index in [1.165, 1.54) is 4.88 Å². The van der Waals surface area contributed by atoms with Crippen LogP contribution in [0.25, 0.3) is 0 Å². The zero-order valence-corrected chi connectivity index (χ0v) is 12.5. The number of rotatable bonds is 4. The molecule has 0 aromatic carbocycles. The molecule has 0 aliphatic carbocycles. The molecule has 2 heterocycles. The van der Waals surface area contributed by atoms with Crippen LogP contribution in [0, 0.1) is 6.92 Å². The van der Waals surface area contributed by atoms with Crippen LogP contribution in [0.15, 0.2) is 5.51 Å². The van der Waals surface area contributed by atoms with Crippen molar-refractivity contribution in [3.8, 4) is 0 Å². The van der Waals surface area contributed by atoms with Gasteiger partial charge in [0.25, 0.3) is 0 Å². The Balaban J connectivity index is 1.83. The maximum Gasteiger partial charge on any atom is 0.236 e. The molecule has 0 saturated carbocycles. The lowest BCUT2D eigenvalue weighted by molar-refractivity contribution is -0.131. The number of hydrogen-bond donors (Lipinski definition) is 1. The quantitative estimate of drug-likeness (QED) is 0.883. The van der Waals surface area contributed by atoms with Crippen molar-refractivity contribution >= 4 is 17.2 Å². The highest BCUT2D eigenvalue weighted by Crippen LogP contribution is 2.14. The van der Waals surface area contributed by atoms with Gasteiger partial charge in [-0.15, -0.1) is 11.3 Å². The molecule has 1 aromatic rings. The number of carbonyl (C=O) groups excluding carboxylic acids is 1. The van der Waals surface area contributed by atoms with Crippen molar-refractivity contribution in [2.45, 2.75) is 19.9 Å². The highest BCUT2D eigenvalue weighted by atomic mass is 32.1. The average Bonchev–Trinajstić information content (AvgIpc) is 2.65. The van der Waals surface area contributed by atoms with Crippen molar-refractivity contribution in [2.75, 3.05) is 39.8 Å². The second-order valence-electron chi connectivity index (χ2n) is 4.99. The van der Waals surface area contributed by atoms with E-state index in [4.69, 9.17) is 0 Å². The molecule has 1 aliphatic rings. The Hall–Kier alpha value is -0.980. The van der Waals surface area contributed by atoms with Crippen LogP contribution >= 0.6 is 11.3 Å². The summed E-state index contributed by atoms with van der Waals surface area (Å²) in [4.78, 5) is 21.6. The number of nitrogens with zero attached hydrogens (tertiary/aromatic N) is 3. The van der Waals surface area contributed by atoms with Crippen molar-refractivity contribution in [1.29, 1.82) is 0 Å². The Morgan fingerprint density at radius 1 is 1.53 bits per heavy atom. The second-order valence-corrected chi connectivity index (χ2v) is 5.93. The van der Waals surface area contributed by atoms with E-state index in [0.717, 1.165) is 38.3 Å². The Kier molecular flexibility index (Phi) is 5.30. The topological polar surface area (TPSA) is 48.5 Å². The van der Waals surface area contributed by atoms with Gasteiger partial charge in [0.05, 0.1) is 24.3 Å². The number of hydrogen-bond acceptors (Lipinski definition) is 5. The molecular formula is C13H22N4OS. The number of aryl methyl sites for hydroxylation is 1. The Labute approximate surface area is 118 Å². The maximum absolute atomic E-state index is 12.2. The predicted molar refractivity (Wildman–Crippen MR) is 77.3 cm³/mol. The lowest BCUT2D eigenvalue weighted by Gasteiger charge is -2.23. The summed E-state index contributed by atoms with van der Waals surface area (Å²) in [6.45, 7) is 7.18. The third kappa shape index (κ3) is 4.26. The van der Waals surface area contributed by atoms with Gasteiger partial charge in [-0.2, -0.15) is 0 Å². The maximum atomic E-state index is 12.2.